The molecule has 2 atom stereocenters. The molecule has 0 aromatic carbocycles. The number of aliphatic hydroxyl groups is 1. The van der Waals surface area contributed by atoms with Gasteiger partial charge >= 0.3 is 0 Å². The Hall–Kier alpha value is -1.70. The van der Waals surface area contributed by atoms with Crippen molar-refractivity contribution in [2.75, 3.05) is 5.75 Å². The van der Waals surface area contributed by atoms with E-state index >= 15 is 0 Å². The summed E-state index contributed by atoms with van der Waals surface area (Å²) in [5.74, 6) is -0.928. The molecule has 0 radical (unpaired) electrons. The van der Waals surface area contributed by atoms with Crippen LogP contribution in [-0.2, 0) is 14.9 Å². The number of rotatable bonds is 37. The Morgan fingerprint density at radius 1 is 0.560 bits per heavy atom. The van der Waals surface area contributed by atoms with Gasteiger partial charge < -0.3 is 10.4 Å². The minimum absolute atomic E-state index is 0.269. The highest BCUT2D eigenvalue weighted by atomic mass is 32.2. The Morgan fingerprint density at radius 2 is 0.960 bits per heavy atom. The summed E-state index contributed by atoms with van der Waals surface area (Å²) >= 11 is 0. The van der Waals surface area contributed by atoms with Crippen LogP contribution in [0.5, 0.6) is 0 Å². The molecule has 0 bridgehead atoms. The molecule has 0 aromatic heterocycles. The number of carbonyl (C=O) groups is 1. The summed E-state index contributed by atoms with van der Waals surface area (Å²) in [6.45, 7) is 4.41. The lowest BCUT2D eigenvalue weighted by Gasteiger charge is -2.23. The van der Waals surface area contributed by atoms with E-state index < -0.39 is 28.0 Å². The summed E-state index contributed by atoms with van der Waals surface area (Å²) in [7, 11) is -4.32. The Balaban J connectivity index is 3.91. The standard InChI is InChI=1S/C43H79NO5S/c1-3-5-7-9-11-13-15-17-19-21-23-24-26-28-30-32-34-36-38-42(45)41(40-50(47,48)49)44-43(46)39-37-35-33-31-29-27-25-22-20-18-16-14-12-10-8-6-4-2/h6,8,12,14,18,20,25,27,41-42,45H,3-5,7,9-11,13,15-17,19,21-24,26,28-40H2,1-2H3,(H,44,46)(H,47,48,49)/b8-6-,14-12-,20-18-,27-25-. The molecule has 0 saturated carbocycles. The highest BCUT2D eigenvalue weighted by molar-refractivity contribution is 7.85. The molecule has 0 aliphatic heterocycles. The number of carbonyl (C=O) groups excluding carboxylic acids is 1. The summed E-state index contributed by atoms with van der Waals surface area (Å²) in [6.07, 6.45) is 49.1. The SMILES string of the molecule is CC/C=C\C/C=C\C/C=C\C/C=C\CCCCCCC(=O)NC(CS(=O)(=O)O)C(O)CCCCCCCCCCCCCCCCCCCC. The van der Waals surface area contributed by atoms with Gasteiger partial charge in [-0.2, -0.15) is 8.42 Å². The first-order valence-corrected chi connectivity index (χ1v) is 22.4. The molecule has 0 fully saturated rings. The van der Waals surface area contributed by atoms with Gasteiger partial charge in [0.15, 0.2) is 0 Å². The first-order chi connectivity index (χ1) is 24.3. The molecule has 3 N–H and O–H groups in total. The van der Waals surface area contributed by atoms with Crippen molar-refractivity contribution in [2.24, 2.45) is 0 Å². The van der Waals surface area contributed by atoms with Gasteiger partial charge in [0.2, 0.25) is 5.91 Å². The minimum atomic E-state index is -4.32. The van der Waals surface area contributed by atoms with Crippen LogP contribution in [0.15, 0.2) is 48.6 Å². The molecule has 0 rings (SSSR count). The Morgan fingerprint density at radius 3 is 1.42 bits per heavy atom. The molecule has 0 aromatic rings. The zero-order valence-corrected chi connectivity index (χ0v) is 33.3. The molecule has 0 aliphatic carbocycles. The second kappa shape index (κ2) is 37.1. The second-order valence-corrected chi connectivity index (χ2v) is 15.7. The van der Waals surface area contributed by atoms with E-state index in [1.54, 1.807) is 0 Å². The zero-order valence-electron chi connectivity index (χ0n) is 32.5. The Kier molecular flexibility index (Phi) is 35.8. The largest absolute Gasteiger partial charge is 0.391 e. The molecule has 7 heteroatoms. The van der Waals surface area contributed by atoms with Crippen molar-refractivity contribution in [3.63, 3.8) is 0 Å². The Bertz CT molecular complexity index is 972. The molecule has 2 unspecified atom stereocenters. The van der Waals surface area contributed by atoms with E-state index in [2.05, 4.69) is 67.8 Å². The average Bonchev–Trinajstić information content (AvgIpc) is 3.08. The lowest BCUT2D eigenvalue weighted by Crippen LogP contribution is -2.47. The van der Waals surface area contributed by atoms with Gasteiger partial charge in [0.25, 0.3) is 10.1 Å². The van der Waals surface area contributed by atoms with Crippen molar-refractivity contribution in [3.8, 4) is 0 Å². The van der Waals surface area contributed by atoms with Gasteiger partial charge in [-0.1, -0.05) is 191 Å². The summed E-state index contributed by atoms with van der Waals surface area (Å²) < 4.78 is 32.6. The number of unbranched alkanes of at least 4 members (excludes halogenated alkanes) is 21. The van der Waals surface area contributed by atoms with Crippen LogP contribution in [-0.4, -0.2) is 41.9 Å². The normalized spacial score (nSPS) is 13.8. The summed E-state index contributed by atoms with van der Waals surface area (Å²) in [5, 5.41) is 13.4. The van der Waals surface area contributed by atoms with Crippen LogP contribution >= 0.6 is 0 Å². The van der Waals surface area contributed by atoms with E-state index in [-0.39, 0.29) is 12.3 Å². The van der Waals surface area contributed by atoms with Crippen molar-refractivity contribution in [1.82, 2.24) is 5.32 Å². The van der Waals surface area contributed by atoms with Crippen LogP contribution in [0.4, 0.5) is 0 Å². The average molecular weight is 722 g/mol. The van der Waals surface area contributed by atoms with Crippen LogP contribution in [0.2, 0.25) is 0 Å². The number of hydrogen-bond donors (Lipinski definition) is 3. The highest BCUT2D eigenvalue weighted by Gasteiger charge is 2.26. The van der Waals surface area contributed by atoms with E-state index in [0.717, 1.165) is 70.6 Å². The fraction of sp³-hybridized carbons (Fsp3) is 0.791. The van der Waals surface area contributed by atoms with Gasteiger partial charge in [-0.3, -0.25) is 9.35 Å². The summed E-state index contributed by atoms with van der Waals surface area (Å²) in [4.78, 5) is 12.5. The van der Waals surface area contributed by atoms with Crippen LogP contribution < -0.4 is 5.32 Å². The molecule has 292 valence electrons. The number of allylic oxidation sites excluding steroid dienone is 8. The number of hydrogen-bond acceptors (Lipinski definition) is 4. The van der Waals surface area contributed by atoms with Crippen molar-refractivity contribution in [1.29, 1.82) is 0 Å². The van der Waals surface area contributed by atoms with E-state index in [0.29, 0.717) is 12.8 Å². The zero-order chi connectivity index (χ0) is 36.8. The lowest BCUT2D eigenvalue weighted by atomic mass is 10.0. The molecule has 50 heavy (non-hydrogen) atoms. The third-order valence-electron chi connectivity index (χ3n) is 9.30. The van der Waals surface area contributed by atoms with Gasteiger partial charge in [0.1, 0.15) is 0 Å². The predicted molar refractivity (Wildman–Crippen MR) is 216 cm³/mol. The predicted octanol–water partition coefficient (Wildman–Crippen LogP) is 12.3. The fourth-order valence-corrected chi connectivity index (χ4v) is 6.97. The van der Waals surface area contributed by atoms with Crippen LogP contribution in [0, 0.1) is 0 Å². The first-order valence-electron chi connectivity index (χ1n) is 20.8. The maximum Gasteiger partial charge on any atom is 0.266 e. The molecule has 6 nitrogen and oxygen atoms in total. The lowest BCUT2D eigenvalue weighted by molar-refractivity contribution is -0.122. The molecule has 0 aliphatic rings. The van der Waals surface area contributed by atoms with E-state index in [1.807, 2.05) is 0 Å². The molecule has 0 spiro atoms. The van der Waals surface area contributed by atoms with Gasteiger partial charge in [0, 0.05) is 6.42 Å². The maximum absolute atomic E-state index is 12.5. The Labute approximate surface area is 309 Å². The fourth-order valence-electron chi connectivity index (χ4n) is 6.21. The van der Waals surface area contributed by atoms with E-state index in [9.17, 15) is 22.9 Å². The van der Waals surface area contributed by atoms with E-state index in [1.165, 1.54) is 96.3 Å². The van der Waals surface area contributed by atoms with Gasteiger partial charge in [0.05, 0.1) is 17.9 Å². The van der Waals surface area contributed by atoms with Crippen LogP contribution in [0.3, 0.4) is 0 Å². The molecular formula is C43H79NO5S. The molecule has 0 saturated heterocycles. The first kappa shape index (κ1) is 48.3. The second-order valence-electron chi connectivity index (χ2n) is 14.2. The van der Waals surface area contributed by atoms with E-state index in [4.69, 9.17) is 0 Å². The van der Waals surface area contributed by atoms with Crippen molar-refractivity contribution in [3.05, 3.63) is 48.6 Å². The van der Waals surface area contributed by atoms with Crippen molar-refractivity contribution >= 4 is 16.0 Å². The maximum atomic E-state index is 12.5. The number of aliphatic hydroxyl groups excluding tert-OH is 1. The highest BCUT2D eigenvalue weighted by Crippen LogP contribution is 2.16. The topological polar surface area (TPSA) is 104 Å². The minimum Gasteiger partial charge on any atom is -0.391 e. The van der Waals surface area contributed by atoms with Crippen molar-refractivity contribution < 1.29 is 22.9 Å². The number of amides is 1. The van der Waals surface area contributed by atoms with Crippen molar-refractivity contribution in [2.45, 2.75) is 212 Å². The molecule has 1 amide bonds. The smallest absolute Gasteiger partial charge is 0.266 e. The van der Waals surface area contributed by atoms with Crippen LogP contribution in [0.1, 0.15) is 200 Å². The number of nitrogens with one attached hydrogen (secondary N) is 1. The monoisotopic (exact) mass is 722 g/mol. The summed E-state index contributed by atoms with van der Waals surface area (Å²) in [5.41, 5.74) is 0. The van der Waals surface area contributed by atoms with Gasteiger partial charge in [-0.25, -0.2) is 0 Å². The third kappa shape index (κ3) is 37.6. The molecular weight excluding hydrogens is 643 g/mol. The summed E-state index contributed by atoms with van der Waals surface area (Å²) in [6, 6.07) is -0.985. The third-order valence-corrected chi connectivity index (χ3v) is 10.1. The quantitative estimate of drug-likeness (QED) is 0.0336. The van der Waals surface area contributed by atoms with Gasteiger partial charge in [-0.05, 0) is 51.4 Å². The molecule has 0 heterocycles. The van der Waals surface area contributed by atoms with Gasteiger partial charge in [-0.15, -0.1) is 0 Å². The van der Waals surface area contributed by atoms with Crippen LogP contribution in [0.25, 0.3) is 0 Å².